The number of hydrogen-bond donors (Lipinski definition) is 0. The molecule has 6 rings (SSSR count). The summed E-state index contributed by atoms with van der Waals surface area (Å²) in [4.78, 5) is 18.4. The van der Waals surface area contributed by atoms with Crippen molar-refractivity contribution in [2.75, 3.05) is 7.11 Å². The summed E-state index contributed by atoms with van der Waals surface area (Å²) in [6, 6.07) is 30.3. The van der Waals surface area contributed by atoms with Gasteiger partial charge < -0.3 is 13.9 Å². The fraction of sp³-hybridized carbons (Fsp3) is 0.0938. The third-order valence-electron chi connectivity index (χ3n) is 6.46. The van der Waals surface area contributed by atoms with Gasteiger partial charge >= 0.3 is 0 Å². The Labute approximate surface area is 224 Å². The molecule has 39 heavy (non-hydrogen) atoms. The first-order valence-corrected chi connectivity index (χ1v) is 12.5. The standard InChI is InChI=1S/C32H25N3O4/c1-21-14-16-22(17-15-21)20-38-27-11-6-3-8-23(27)19-33-35-31(34-26-10-5-4-9-24(26)32(35)36)30-18-25-28(37-2)12-7-13-29(25)39-30/h3-19H,20H2,1-2H3. The van der Waals surface area contributed by atoms with Crippen molar-refractivity contribution in [3.05, 3.63) is 124 Å². The van der Waals surface area contributed by atoms with Crippen LogP contribution in [0.5, 0.6) is 11.5 Å². The number of hydrogen-bond acceptors (Lipinski definition) is 6. The topological polar surface area (TPSA) is 78.9 Å². The third kappa shape index (κ3) is 4.78. The van der Waals surface area contributed by atoms with Crippen LogP contribution in [-0.4, -0.2) is 23.0 Å². The van der Waals surface area contributed by atoms with Gasteiger partial charge in [-0.3, -0.25) is 4.79 Å². The molecule has 7 heteroatoms. The second-order valence-electron chi connectivity index (χ2n) is 9.11. The molecule has 192 valence electrons. The summed E-state index contributed by atoms with van der Waals surface area (Å²) in [5, 5.41) is 5.82. The zero-order valence-corrected chi connectivity index (χ0v) is 21.5. The molecule has 4 aromatic carbocycles. The minimum absolute atomic E-state index is 0.284. The van der Waals surface area contributed by atoms with Crippen molar-refractivity contribution >= 4 is 28.1 Å². The molecule has 7 nitrogen and oxygen atoms in total. The first-order chi connectivity index (χ1) is 19.1. The van der Waals surface area contributed by atoms with Crippen molar-refractivity contribution in [2.45, 2.75) is 13.5 Å². The summed E-state index contributed by atoms with van der Waals surface area (Å²) in [6.45, 7) is 2.46. The maximum atomic E-state index is 13.6. The third-order valence-corrected chi connectivity index (χ3v) is 6.46. The van der Waals surface area contributed by atoms with Crippen LogP contribution in [-0.2, 0) is 6.61 Å². The zero-order valence-electron chi connectivity index (χ0n) is 21.5. The molecule has 0 aliphatic rings. The molecular formula is C32H25N3O4. The van der Waals surface area contributed by atoms with E-state index >= 15 is 0 Å². The summed E-state index contributed by atoms with van der Waals surface area (Å²) in [6.07, 6.45) is 1.61. The Bertz CT molecular complexity index is 1880. The maximum Gasteiger partial charge on any atom is 0.282 e. The monoisotopic (exact) mass is 515 g/mol. The summed E-state index contributed by atoms with van der Waals surface area (Å²) >= 11 is 0. The Morgan fingerprint density at radius 3 is 2.51 bits per heavy atom. The van der Waals surface area contributed by atoms with E-state index < -0.39 is 0 Å². The van der Waals surface area contributed by atoms with Crippen molar-refractivity contribution in [3.8, 4) is 23.1 Å². The van der Waals surface area contributed by atoms with E-state index in [1.165, 1.54) is 10.2 Å². The van der Waals surface area contributed by atoms with Gasteiger partial charge in [-0.2, -0.15) is 9.78 Å². The van der Waals surface area contributed by atoms with Gasteiger partial charge in [-0.05, 0) is 55.0 Å². The average Bonchev–Trinajstić information content (AvgIpc) is 3.41. The summed E-state index contributed by atoms with van der Waals surface area (Å²) < 4.78 is 19.0. The van der Waals surface area contributed by atoms with E-state index in [0.717, 1.165) is 16.5 Å². The SMILES string of the molecule is COc1cccc2oc(-c3nc4ccccc4c(=O)n3N=Cc3ccccc3OCc3ccc(C)cc3)cc12. The van der Waals surface area contributed by atoms with Gasteiger partial charge in [0.05, 0.1) is 29.6 Å². The van der Waals surface area contributed by atoms with Crippen LogP contribution in [0.3, 0.4) is 0 Å². The van der Waals surface area contributed by atoms with Gasteiger partial charge in [-0.15, -0.1) is 0 Å². The van der Waals surface area contributed by atoms with E-state index in [-0.39, 0.29) is 11.4 Å². The lowest BCUT2D eigenvalue weighted by Gasteiger charge is -2.10. The van der Waals surface area contributed by atoms with E-state index in [1.54, 1.807) is 31.5 Å². The second kappa shape index (κ2) is 10.3. The Morgan fingerprint density at radius 2 is 1.67 bits per heavy atom. The molecule has 6 aromatic rings. The molecule has 0 spiro atoms. The van der Waals surface area contributed by atoms with E-state index in [1.807, 2.05) is 66.7 Å². The minimum Gasteiger partial charge on any atom is -0.496 e. The lowest BCUT2D eigenvalue weighted by Crippen LogP contribution is -2.20. The number of nitrogens with zero attached hydrogens (tertiary/aromatic N) is 3. The number of benzene rings is 4. The number of furan rings is 1. The van der Waals surface area contributed by atoms with Gasteiger partial charge in [0.1, 0.15) is 23.7 Å². The normalized spacial score (nSPS) is 11.4. The molecule has 0 unspecified atom stereocenters. The predicted molar refractivity (Wildman–Crippen MR) is 153 cm³/mol. The number of ether oxygens (including phenoxy) is 2. The van der Waals surface area contributed by atoms with Crippen LogP contribution in [0.1, 0.15) is 16.7 Å². The molecule has 0 amide bonds. The number of fused-ring (bicyclic) bond motifs is 2. The molecule has 0 aliphatic carbocycles. The molecule has 0 bridgehead atoms. The molecule has 0 saturated carbocycles. The molecular weight excluding hydrogens is 490 g/mol. The number of para-hydroxylation sites is 2. The van der Waals surface area contributed by atoms with Gasteiger partial charge in [0.2, 0.25) is 5.82 Å². The van der Waals surface area contributed by atoms with Gasteiger partial charge in [-0.1, -0.05) is 60.2 Å². The van der Waals surface area contributed by atoms with Gasteiger partial charge in [0, 0.05) is 5.56 Å². The minimum atomic E-state index is -0.308. The number of aromatic nitrogens is 2. The largest absolute Gasteiger partial charge is 0.496 e. The highest BCUT2D eigenvalue weighted by Gasteiger charge is 2.18. The first kappa shape index (κ1) is 24.2. The van der Waals surface area contributed by atoms with E-state index in [2.05, 4.69) is 24.2 Å². The first-order valence-electron chi connectivity index (χ1n) is 12.5. The van der Waals surface area contributed by atoms with E-state index in [9.17, 15) is 4.79 Å². The van der Waals surface area contributed by atoms with Crippen LogP contribution in [0.25, 0.3) is 33.5 Å². The predicted octanol–water partition coefficient (Wildman–Crippen LogP) is 6.59. The lowest BCUT2D eigenvalue weighted by atomic mass is 10.1. The molecule has 2 heterocycles. The molecule has 2 aromatic heterocycles. The smallest absolute Gasteiger partial charge is 0.282 e. The van der Waals surface area contributed by atoms with Gasteiger partial charge in [-0.25, -0.2) is 4.98 Å². The van der Waals surface area contributed by atoms with Crippen molar-refractivity contribution < 1.29 is 13.9 Å². The highest BCUT2D eigenvalue weighted by atomic mass is 16.5. The van der Waals surface area contributed by atoms with E-state index in [0.29, 0.717) is 40.4 Å². The summed E-state index contributed by atoms with van der Waals surface area (Å²) in [5.74, 6) is 2.00. The molecule has 0 fully saturated rings. The van der Waals surface area contributed by atoms with Crippen molar-refractivity contribution in [3.63, 3.8) is 0 Å². The Kier molecular flexibility index (Phi) is 6.39. The molecule has 0 atom stereocenters. The molecule has 0 radical (unpaired) electrons. The van der Waals surface area contributed by atoms with Crippen molar-refractivity contribution in [2.24, 2.45) is 5.10 Å². The van der Waals surface area contributed by atoms with Crippen LogP contribution in [0.4, 0.5) is 0 Å². The maximum absolute atomic E-state index is 13.6. The van der Waals surface area contributed by atoms with Gasteiger partial charge in [0.15, 0.2) is 5.76 Å². The fourth-order valence-electron chi connectivity index (χ4n) is 4.40. The highest BCUT2D eigenvalue weighted by molar-refractivity contribution is 5.89. The number of methoxy groups -OCH3 is 1. The average molecular weight is 516 g/mol. The van der Waals surface area contributed by atoms with Crippen LogP contribution < -0.4 is 15.0 Å². The van der Waals surface area contributed by atoms with Crippen molar-refractivity contribution in [1.82, 2.24) is 9.66 Å². The Balaban J connectivity index is 1.43. The fourth-order valence-corrected chi connectivity index (χ4v) is 4.40. The number of aryl methyl sites for hydroxylation is 1. The van der Waals surface area contributed by atoms with Crippen molar-refractivity contribution in [1.29, 1.82) is 0 Å². The van der Waals surface area contributed by atoms with Crippen LogP contribution >= 0.6 is 0 Å². The Hall–Kier alpha value is -5.17. The quantitative estimate of drug-likeness (QED) is 0.224. The Morgan fingerprint density at radius 1 is 0.897 bits per heavy atom. The summed E-state index contributed by atoms with van der Waals surface area (Å²) in [7, 11) is 1.61. The highest BCUT2D eigenvalue weighted by Crippen LogP contribution is 2.33. The molecule has 0 aliphatic heterocycles. The van der Waals surface area contributed by atoms with Gasteiger partial charge in [0.25, 0.3) is 5.56 Å². The lowest BCUT2D eigenvalue weighted by molar-refractivity contribution is 0.306. The van der Waals surface area contributed by atoms with Crippen LogP contribution in [0.15, 0.2) is 111 Å². The van der Waals surface area contributed by atoms with Crippen LogP contribution in [0, 0.1) is 6.92 Å². The number of rotatable bonds is 7. The summed E-state index contributed by atoms with van der Waals surface area (Å²) in [5.41, 5.74) is 3.85. The van der Waals surface area contributed by atoms with E-state index in [4.69, 9.17) is 18.9 Å². The zero-order chi connectivity index (χ0) is 26.8. The van der Waals surface area contributed by atoms with Crippen LogP contribution in [0.2, 0.25) is 0 Å². The molecule has 0 N–H and O–H groups in total. The molecule has 0 saturated heterocycles. The second-order valence-corrected chi connectivity index (χ2v) is 9.11.